The SMILES string of the molecule is Cc1ccc([C@H]2CC(c3ccccc3F)=NN2C(=O)CN(CCN2CCOCC2)C(=O)c2cccs2)cc1. The molecule has 9 heteroatoms. The van der Waals surface area contributed by atoms with E-state index in [0.29, 0.717) is 48.9 Å². The largest absolute Gasteiger partial charge is 0.379 e. The van der Waals surface area contributed by atoms with Crippen LogP contribution >= 0.6 is 11.3 Å². The Morgan fingerprint density at radius 1 is 1.08 bits per heavy atom. The van der Waals surface area contributed by atoms with Gasteiger partial charge in [-0.2, -0.15) is 5.10 Å². The molecule has 2 aliphatic heterocycles. The smallest absolute Gasteiger partial charge is 0.264 e. The number of morpholine rings is 1. The Kier molecular flexibility index (Phi) is 8.26. The van der Waals surface area contributed by atoms with E-state index in [1.807, 2.05) is 42.6 Å². The number of amides is 2. The third kappa shape index (κ3) is 6.01. The topological polar surface area (TPSA) is 65.5 Å². The van der Waals surface area contributed by atoms with Crippen molar-refractivity contribution >= 4 is 28.9 Å². The van der Waals surface area contributed by atoms with Gasteiger partial charge in [0, 0.05) is 38.2 Å². The van der Waals surface area contributed by atoms with Crippen molar-refractivity contribution in [1.82, 2.24) is 14.8 Å². The van der Waals surface area contributed by atoms with E-state index >= 15 is 0 Å². The van der Waals surface area contributed by atoms with Gasteiger partial charge in [-0.25, -0.2) is 9.40 Å². The Morgan fingerprint density at radius 2 is 1.84 bits per heavy atom. The number of nitrogens with zero attached hydrogens (tertiary/aromatic N) is 4. The van der Waals surface area contributed by atoms with Crippen LogP contribution < -0.4 is 0 Å². The van der Waals surface area contributed by atoms with E-state index in [9.17, 15) is 14.0 Å². The summed E-state index contributed by atoms with van der Waals surface area (Å²) >= 11 is 1.36. The van der Waals surface area contributed by atoms with Gasteiger partial charge in [0.1, 0.15) is 12.4 Å². The molecule has 0 saturated carbocycles. The van der Waals surface area contributed by atoms with Gasteiger partial charge < -0.3 is 9.64 Å². The highest BCUT2D eigenvalue weighted by atomic mass is 32.1. The summed E-state index contributed by atoms with van der Waals surface area (Å²) in [4.78, 5) is 31.6. The number of hydrazone groups is 1. The van der Waals surface area contributed by atoms with Crippen LogP contribution in [0.25, 0.3) is 0 Å². The van der Waals surface area contributed by atoms with Gasteiger partial charge >= 0.3 is 0 Å². The number of hydrogen-bond acceptors (Lipinski definition) is 6. The first-order valence-electron chi connectivity index (χ1n) is 12.8. The maximum absolute atomic E-state index is 14.7. The van der Waals surface area contributed by atoms with E-state index < -0.39 is 0 Å². The molecule has 1 aromatic heterocycles. The van der Waals surface area contributed by atoms with Crippen molar-refractivity contribution in [3.05, 3.63) is 93.4 Å². The maximum Gasteiger partial charge on any atom is 0.264 e. The molecule has 0 unspecified atom stereocenters. The fraction of sp³-hybridized carbons (Fsp3) is 0.345. The van der Waals surface area contributed by atoms with Gasteiger partial charge in [-0.3, -0.25) is 14.5 Å². The van der Waals surface area contributed by atoms with Gasteiger partial charge in [0.25, 0.3) is 11.8 Å². The molecule has 1 fully saturated rings. The number of carbonyl (C=O) groups excluding carboxylic acids is 2. The second kappa shape index (κ2) is 12.0. The standard InChI is InChI=1S/C29H31FN4O3S/c1-21-8-10-22(11-9-21)26-19-25(23-5-2-3-6-24(23)30)31-34(26)28(35)20-33(29(36)27-7-4-18-38-27)13-12-32-14-16-37-17-15-32/h2-11,18,26H,12-17,19-20H2,1H3/t26-/m1/s1. The predicted octanol–water partition coefficient (Wildman–Crippen LogP) is 4.35. The lowest BCUT2D eigenvalue weighted by molar-refractivity contribution is -0.133. The van der Waals surface area contributed by atoms with Gasteiger partial charge in [0.2, 0.25) is 0 Å². The Balaban J connectivity index is 1.40. The van der Waals surface area contributed by atoms with E-state index in [1.165, 1.54) is 22.4 Å². The van der Waals surface area contributed by atoms with Crippen LogP contribution in [0.5, 0.6) is 0 Å². The molecule has 198 valence electrons. The number of benzene rings is 2. The van der Waals surface area contributed by atoms with Crippen LogP contribution in [0.1, 0.15) is 38.8 Å². The summed E-state index contributed by atoms with van der Waals surface area (Å²) in [7, 11) is 0. The Morgan fingerprint density at radius 3 is 2.55 bits per heavy atom. The number of halogens is 1. The summed E-state index contributed by atoms with van der Waals surface area (Å²) in [5.41, 5.74) is 2.93. The zero-order chi connectivity index (χ0) is 26.5. The summed E-state index contributed by atoms with van der Waals surface area (Å²) in [6.07, 6.45) is 0.391. The first kappa shape index (κ1) is 26.2. The first-order valence-corrected chi connectivity index (χ1v) is 13.7. The second-order valence-electron chi connectivity index (χ2n) is 9.55. The number of hydrogen-bond donors (Lipinski definition) is 0. The van der Waals surface area contributed by atoms with Crippen molar-refractivity contribution in [2.45, 2.75) is 19.4 Å². The first-order chi connectivity index (χ1) is 18.5. The minimum atomic E-state index is -0.379. The van der Waals surface area contributed by atoms with Gasteiger partial charge in [0.15, 0.2) is 0 Å². The van der Waals surface area contributed by atoms with E-state index in [4.69, 9.17) is 4.74 Å². The molecular weight excluding hydrogens is 503 g/mol. The predicted molar refractivity (Wildman–Crippen MR) is 146 cm³/mol. The molecule has 0 spiro atoms. The number of aryl methyl sites for hydroxylation is 1. The molecule has 1 saturated heterocycles. The lowest BCUT2D eigenvalue weighted by atomic mass is 9.97. The van der Waals surface area contributed by atoms with Crippen molar-refractivity contribution in [1.29, 1.82) is 0 Å². The average Bonchev–Trinajstić information content (AvgIpc) is 3.63. The van der Waals surface area contributed by atoms with E-state index in [0.717, 1.165) is 24.2 Å². The minimum absolute atomic E-state index is 0.114. The normalized spacial score (nSPS) is 17.9. The summed E-state index contributed by atoms with van der Waals surface area (Å²) in [5, 5.41) is 7.92. The number of rotatable bonds is 8. The van der Waals surface area contributed by atoms with Gasteiger partial charge in [-0.15, -0.1) is 11.3 Å². The highest BCUT2D eigenvalue weighted by Crippen LogP contribution is 2.33. The summed E-state index contributed by atoms with van der Waals surface area (Å²) in [5.74, 6) is -0.844. The second-order valence-corrected chi connectivity index (χ2v) is 10.5. The molecule has 38 heavy (non-hydrogen) atoms. The van der Waals surface area contributed by atoms with Crippen molar-refractivity contribution in [2.75, 3.05) is 45.9 Å². The van der Waals surface area contributed by atoms with Crippen LogP contribution in [0.4, 0.5) is 4.39 Å². The molecule has 7 nitrogen and oxygen atoms in total. The monoisotopic (exact) mass is 534 g/mol. The Bertz CT molecular complexity index is 1290. The third-order valence-corrected chi connectivity index (χ3v) is 7.81. The molecule has 5 rings (SSSR count). The highest BCUT2D eigenvalue weighted by molar-refractivity contribution is 7.12. The average molecular weight is 535 g/mol. The van der Waals surface area contributed by atoms with Crippen molar-refractivity contribution < 1.29 is 18.7 Å². The maximum atomic E-state index is 14.7. The molecular formula is C29H31FN4O3S. The van der Waals surface area contributed by atoms with Crippen LogP contribution in [0.15, 0.2) is 71.1 Å². The van der Waals surface area contributed by atoms with Gasteiger partial charge in [0.05, 0.1) is 29.8 Å². The van der Waals surface area contributed by atoms with Crippen LogP contribution in [0.3, 0.4) is 0 Å². The lowest BCUT2D eigenvalue weighted by Gasteiger charge is -2.31. The molecule has 2 aromatic carbocycles. The molecule has 3 heterocycles. The lowest BCUT2D eigenvalue weighted by Crippen LogP contribution is -2.46. The molecule has 3 aromatic rings. The van der Waals surface area contributed by atoms with Crippen LogP contribution in [-0.4, -0.2) is 78.3 Å². The highest BCUT2D eigenvalue weighted by Gasteiger charge is 2.35. The summed E-state index contributed by atoms with van der Waals surface area (Å²) < 4.78 is 20.1. The number of ether oxygens (including phenoxy) is 1. The third-order valence-electron chi connectivity index (χ3n) is 6.95. The molecule has 0 N–H and O–H groups in total. The van der Waals surface area contributed by atoms with E-state index in [2.05, 4.69) is 10.0 Å². The van der Waals surface area contributed by atoms with Crippen LogP contribution in [-0.2, 0) is 9.53 Å². The Hall–Kier alpha value is -3.40. The number of thiophene rings is 1. The fourth-order valence-electron chi connectivity index (χ4n) is 4.78. The van der Waals surface area contributed by atoms with Crippen molar-refractivity contribution in [3.8, 4) is 0 Å². The summed E-state index contributed by atoms with van der Waals surface area (Å²) in [6, 6.07) is 17.7. The fourth-order valence-corrected chi connectivity index (χ4v) is 5.47. The molecule has 0 bridgehead atoms. The zero-order valence-electron chi connectivity index (χ0n) is 21.4. The van der Waals surface area contributed by atoms with E-state index in [1.54, 1.807) is 29.2 Å². The van der Waals surface area contributed by atoms with Gasteiger partial charge in [-0.1, -0.05) is 54.1 Å². The van der Waals surface area contributed by atoms with Crippen LogP contribution in [0, 0.1) is 12.7 Å². The minimum Gasteiger partial charge on any atom is -0.379 e. The quantitative estimate of drug-likeness (QED) is 0.431. The van der Waals surface area contributed by atoms with Crippen molar-refractivity contribution in [2.24, 2.45) is 5.10 Å². The van der Waals surface area contributed by atoms with Crippen LogP contribution in [0.2, 0.25) is 0 Å². The molecule has 2 aliphatic rings. The molecule has 0 radical (unpaired) electrons. The molecule has 0 aliphatic carbocycles. The number of carbonyl (C=O) groups is 2. The van der Waals surface area contributed by atoms with E-state index in [-0.39, 0.29) is 30.2 Å². The molecule has 1 atom stereocenters. The van der Waals surface area contributed by atoms with Crippen molar-refractivity contribution in [3.63, 3.8) is 0 Å². The summed E-state index contributed by atoms with van der Waals surface area (Å²) in [6.45, 7) is 5.88. The zero-order valence-corrected chi connectivity index (χ0v) is 22.2. The van der Waals surface area contributed by atoms with Gasteiger partial charge in [-0.05, 0) is 30.0 Å². The molecule has 2 amide bonds. The Labute approximate surface area is 226 Å².